The van der Waals surface area contributed by atoms with Crippen LogP contribution in [-0.2, 0) is 4.79 Å². The lowest BCUT2D eigenvalue weighted by Crippen LogP contribution is -2.50. The molecule has 0 spiro atoms. The number of hydrogen-bond donors (Lipinski definition) is 2. The smallest absolute Gasteiger partial charge is 0.250 e. The van der Waals surface area contributed by atoms with Gasteiger partial charge in [-0.15, -0.1) is 0 Å². The van der Waals surface area contributed by atoms with E-state index < -0.39 is 0 Å². The summed E-state index contributed by atoms with van der Waals surface area (Å²) in [6.45, 7) is 12.6. The molecule has 1 aliphatic heterocycles. The molecule has 0 bridgehead atoms. The van der Waals surface area contributed by atoms with E-state index in [1.165, 1.54) is 7.05 Å². The molecule has 3 rings (SSSR count). The monoisotopic (exact) mass is 433 g/mol. The average molecular weight is 434 g/mol. The Kier molecular flexibility index (Phi) is 10.9. The van der Waals surface area contributed by atoms with Gasteiger partial charge in [-0.05, 0) is 49.1 Å². The summed E-state index contributed by atoms with van der Waals surface area (Å²) in [5, 5.41) is 1.85. The van der Waals surface area contributed by atoms with Crippen LogP contribution in [0.5, 0.6) is 5.88 Å². The highest BCUT2D eigenvalue weighted by Crippen LogP contribution is 2.29. The van der Waals surface area contributed by atoms with E-state index in [-0.39, 0.29) is 11.6 Å². The molecule has 1 aliphatic rings. The standard InChI is InChI=1S/C19H24N4O2S.CH5N.CH2O/c1-5-26-22-6-7-23(14(3)12-22)17-8-15(9-18(24)21-17)16-10-19(25-4)20-11-13(16)2;2*1-2/h5,8-11,14H,1,6-7,12H2,2-4H3,(H,21,24);2H2,1H3;1H2. The van der Waals surface area contributed by atoms with Crippen molar-refractivity contribution in [3.8, 4) is 17.0 Å². The lowest BCUT2D eigenvalue weighted by Gasteiger charge is -2.39. The Hall–Kier alpha value is -2.62. The molecule has 30 heavy (non-hydrogen) atoms. The second-order valence-electron chi connectivity index (χ2n) is 6.36. The van der Waals surface area contributed by atoms with Gasteiger partial charge in [0.05, 0.1) is 7.11 Å². The molecule has 0 aliphatic carbocycles. The maximum absolute atomic E-state index is 12.3. The fraction of sp³-hybridized carbons (Fsp3) is 0.381. The number of nitrogens with one attached hydrogen (secondary N) is 1. The molecule has 8 nitrogen and oxygen atoms in total. The fourth-order valence-electron chi connectivity index (χ4n) is 3.25. The number of piperazine rings is 1. The first-order chi connectivity index (χ1) is 14.5. The van der Waals surface area contributed by atoms with Crippen LogP contribution in [0, 0.1) is 6.92 Å². The number of H-pyrrole nitrogens is 1. The third-order valence-electron chi connectivity index (χ3n) is 4.55. The van der Waals surface area contributed by atoms with E-state index in [0.717, 1.165) is 42.1 Å². The molecule has 0 amide bonds. The number of anilines is 1. The molecular formula is C21H31N5O3S. The van der Waals surface area contributed by atoms with Crippen molar-refractivity contribution in [2.45, 2.75) is 19.9 Å². The Balaban J connectivity index is 0.00000106. The highest BCUT2D eigenvalue weighted by molar-refractivity contribution is 7.99. The molecular weight excluding hydrogens is 402 g/mol. The van der Waals surface area contributed by atoms with E-state index in [0.29, 0.717) is 5.88 Å². The zero-order valence-corrected chi connectivity index (χ0v) is 18.9. The zero-order chi connectivity index (χ0) is 22.7. The normalized spacial score (nSPS) is 15.9. The van der Waals surface area contributed by atoms with E-state index in [1.54, 1.807) is 31.3 Å². The quantitative estimate of drug-likeness (QED) is 0.693. The van der Waals surface area contributed by atoms with Gasteiger partial charge in [-0.25, -0.2) is 9.29 Å². The Morgan fingerprint density at radius 2 is 2.00 bits per heavy atom. The van der Waals surface area contributed by atoms with Crippen LogP contribution in [0.3, 0.4) is 0 Å². The van der Waals surface area contributed by atoms with Crippen LogP contribution in [0.15, 0.2) is 41.2 Å². The molecule has 1 atom stereocenters. The molecule has 164 valence electrons. The summed E-state index contributed by atoms with van der Waals surface area (Å²) in [6.07, 6.45) is 1.77. The number of hydrogen-bond acceptors (Lipinski definition) is 8. The van der Waals surface area contributed by atoms with Gasteiger partial charge in [0.1, 0.15) is 12.6 Å². The lowest BCUT2D eigenvalue weighted by molar-refractivity contribution is -0.0979. The van der Waals surface area contributed by atoms with E-state index in [9.17, 15) is 4.79 Å². The van der Waals surface area contributed by atoms with Crippen molar-refractivity contribution in [2.24, 2.45) is 5.73 Å². The summed E-state index contributed by atoms with van der Waals surface area (Å²) in [5.74, 6) is 1.38. The maximum Gasteiger partial charge on any atom is 0.250 e. The van der Waals surface area contributed by atoms with E-state index in [2.05, 4.69) is 38.4 Å². The van der Waals surface area contributed by atoms with Crippen LogP contribution < -0.4 is 20.9 Å². The summed E-state index contributed by atoms with van der Waals surface area (Å²) in [5.41, 5.74) is 7.22. The molecule has 0 aromatic carbocycles. The molecule has 2 aromatic rings. The van der Waals surface area contributed by atoms with Crippen LogP contribution in [0.2, 0.25) is 0 Å². The second kappa shape index (κ2) is 12.8. The number of aromatic nitrogens is 2. The molecule has 2 aromatic heterocycles. The molecule has 1 fully saturated rings. The summed E-state index contributed by atoms with van der Waals surface area (Å²) in [6, 6.07) is 5.82. The van der Waals surface area contributed by atoms with E-state index >= 15 is 0 Å². The molecule has 1 unspecified atom stereocenters. The van der Waals surface area contributed by atoms with Crippen molar-refractivity contribution in [2.75, 3.05) is 38.7 Å². The van der Waals surface area contributed by atoms with Gasteiger partial charge >= 0.3 is 0 Å². The number of nitrogens with zero attached hydrogens (tertiary/aromatic N) is 3. The van der Waals surface area contributed by atoms with Crippen molar-refractivity contribution >= 4 is 24.6 Å². The predicted molar refractivity (Wildman–Crippen MR) is 125 cm³/mol. The minimum atomic E-state index is -0.109. The van der Waals surface area contributed by atoms with Gasteiger partial charge in [-0.3, -0.25) is 4.79 Å². The van der Waals surface area contributed by atoms with Crippen molar-refractivity contribution in [1.29, 1.82) is 0 Å². The van der Waals surface area contributed by atoms with Crippen LogP contribution in [0.25, 0.3) is 11.1 Å². The number of nitrogens with two attached hydrogens (primary N) is 1. The number of ether oxygens (including phenoxy) is 1. The Morgan fingerprint density at radius 3 is 2.60 bits per heavy atom. The topological polar surface area (TPSA) is 105 Å². The third-order valence-corrected chi connectivity index (χ3v) is 5.33. The SMILES string of the molecule is C=CSN1CCN(c2cc(-c3cc(OC)ncc3C)cc(=O)[nH]2)C(C)C1.C=O.CN. The largest absolute Gasteiger partial charge is 0.481 e. The number of aromatic amines is 1. The summed E-state index contributed by atoms with van der Waals surface area (Å²) >= 11 is 1.64. The van der Waals surface area contributed by atoms with E-state index in [1.807, 2.05) is 31.3 Å². The molecule has 3 heterocycles. The van der Waals surface area contributed by atoms with Crippen LogP contribution in [0.1, 0.15) is 12.5 Å². The van der Waals surface area contributed by atoms with Gasteiger partial charge < -0.3 is 25.1 Å². The molecule has 1 saturated heterocycles. The predicted octanol–water partition coefficient (Wildman–Crippen LogP) is 2.45. The number of methoxy groups -OCH3 is 1. The van der Waals surface area contributed by atoms with Crippen LogP contribution in [-0.4, -0.2) is 60.9 Å². The van der Waals surface area contributed by atoms with Crippen LogP contribution >= 0.6 is 11.9 Å². The molecule has 3 N–H and O–H groups in total. The average Bonchev–Trinajstić information content (AvgIpc) is 2.77. The summed E-state index contributed by atoms with van der Waals surface area (Å²) in [7, 11) is 3.09. The van der Waals surface area contributed by atoms with Gasteiger partial charge in [-0.2, -0.15) is 0 Å². The number of rotatable bonds is 5. The first-order valence-electron chi connectivity index (χ1n) is 9.43. The fourth-order valence-corrected chi connectivity index (χ4v) is 3.95. The molecule has 0 radical (unpaired) electrons. The van der Waals surface area contributed by atoms with Crippen molar-refractivity contribution in [1.82, 2.24) is 14.3 Å². The van der Waals surface area contributed by atoms with Gasteiger partial charge in [0.2, 0.25) is 11.4 Å². The Morgan fingerprint density at radius 1 is 1.30 bits per heavy atom. The number of carbonyl (C=O) groups excluding carboxylic acids is 1. The molecule has 0 saturated carbocycles. The minimum absolute atomic E-state index is 0.109. The second-order valence-corrected chi connectivity index (χ2v) is 7.42. The van der Waals surface area contributed by atoms with Gasteiger partial charge in [-0.1, -0.05) is 18.5 Å². The van der Waals surface area contributed by atoms with Crippen molar-refractivity contribution < 1.29 is 9.53 Å². The Bertz CT molecular complexity index is 874. The van der Waals surface area contributed by atoms with Crippen LogP contribution in [0.4, 0.5) is 5.82 Å². The van der Waals surface area contributed by atoms with Gasteiger partial charge in [0, 0.05) is 44.0 Å². The maximum atomic E-state index is 12.3. The van der Waals surface area contributed by atoms with Crippen molar-refractivity contribution in [3.63, 3.8) is 0 Å². The zero-order valence-electron chi connectivity index (χ0n) is 18.1. The first kappa shape index (κ1) is 25.4. The number of carbonyl (C=O) groups is 1. The minimum Gasteiger partial charge on any atom is -0.481 e. The molecule has 9 heteroatoms. The van der Waals surface area contributed by atoms with Gasteiger partial charge in [0.15, 0.2) is 0 Å². The Labute approximate surface area is 182 Å². The number of pyridine rings is 2. The van der Waals surface area contributed by atoms with Gasteiger partial charge in [0.25, 0.3) is 0 Å². The van der Waals surface area contributed by atoms with E-state index in [4.69, 9.17) is 9.53 Å². The summed E-state index contributed by atoms with van der Waals surface area (Å²) < 4.78 is 7.52. The first-order valence-corrected chi connectivity index (χ1v) is 10.3. The highest BCUT2D eigenvalue weighted by Gasteiger charge is 2.25. The van der Waals surface area contributed by atoms with Crippen molar-refractivity contribution in [3.05, 3.63) is 52.3 Å². The third kappa shape index (κ3) is 6.45. The summed E-state index contributed by atoms with van der Waals surface area (Å²) in [4.78, 5) is 29.8. The lowest BCUT2D eigenvalue weighted by atomic mass is 10.0. The number of aryl methyl sites for hydroxylation is 1. The highest BCUT2D eigenvalue weighted by atomic mass is 32.2.